The zero-order valence-corrected chi connectivity index (χ0v) is 16.3. The first kappa shape index (κ1) is 18.0. The Morgan fingerprint density at radius 2 is 1.93 bits per heavy atom. The van der Waals surface area contributed by atoms with Crippen LogP contribution in [0.15, 0.2) is 42.5 Å². The first-order valence-corrected chi connectivity index (χ1v) is 9.85. The van der Waals surface area contributed by atoms with E-state index in [0.29, 0.717) is 18.4 Å². The molecule has 6 nitrogen and oxygen atoms in total. The van der Waals surface area contributed by atoms with E-state index in [1.807, 2.05) is 17.0 Å². The van der Waals surface area contributed by atoms with Crippen molar-refractivity contribution in [3.8, 4) is 5.75 Å². The molecule has 1 aromatic heterocycles. The van der Waals surface area contributed by atoms with E-state index < -0.39 is 0 Å². The van der Waals surface area contributed by atoms with Crippen LogP contribution in [-0.4, -0.2) is 54.1 Å². The van der Waals surface area contributed by atoms with Crippen LogP contribution >= 0.6 is 0 Å². The Hall–Kier alpha value is -3.09. The highest BCUT2D eigenvalue weighted by atomic mass is 19.1. The van der Waals surface area contributed by atoms with Gasteiger partial charge in [0.05, 0.1) is 18.1 Å². The van der Waals surface area contributed by atoms with E-state index in [1.54, 1.807) is 13.2 Å². The maximum Gasteiger partial charge on any atom is 0.223 e. The van der Waals surface area contributed by atoms with E-state index >= 15 is 0 Å². The fraction of sp³-hybridized carbons (Fsp3) is 0.364. The Balaban J connectivity index is 1.11. The number of imidazole rings is 1. The minimum Gasteiger partial charge on any atom is -0.497 e. The summed E-state index contributed by atoms with van der Waals surface area (Å²) in [6.07, 6.45) is 0.956. The zero-order valence-electron chi connectivity index (χ0n) is 16.3. The second kappa shape index (κ2) is 6.76. The molecule has 0 aliphatic carbocycles. The number of ether oxygens (including phenoxy) is 1. The average molecular weight is 394 g/mol. The van der Waals surface area contributed by atoms with Gasteiger partial charge in [-0.1, -0.05) is 0 Å². The van der Waals surface area contributed by atoms with Crippen LogP contribution in [0.2, 0.25) is 0 Å². The number of hydrogen-bond acceptors (Lipinski definition) is 4. The van der Waals surface area contributed by atoms with Crippen LogP contribution in [0.3, 0.4) is 0 Å². The SMILES string of the molecule is COc1ccc(N2CC3(CN(C(=O)CCc4nc5ccc(F)cc5[nH]4)C3)C2)cc1. The number of nitrogens with one attached hydrogen (secondary N) is 1. The molecule has 1 N–H and O–H groups in total. The maximum absolute atomic E-state index is 13.3. The van der Waals surface area contributed by atoms with Crippen LogP contribution in [-0.2, 0) is 11.2 Å². The number of fused-ring (bicyclic) bond motifs is 1. The van der Waals surface area contributed by atoms with E-state index in [4.69, 9.17) is 4.74 Å². The Morgan fingerprint density at radius 3 is 2.66 bits per heavy atom. The second-order valence-electron chi connectivity index (χ2n) is 8.15. The van der Waals surface area contributed by atoms with Crippen molar-refractivity contribution >= 4 is 22.6 Å². The van der Waals surface area contributed by atoms with Crippen molar-refractivity contribution in [1.29, 1.82) is 0 Å². The number of halogens is 1. The van der Waals surface area contributed by atoms with Gasteiger partial charge in [0.2, 0.25) is 5.91 Å². The normalized spacial score (nSPS) is 17.3. The predicted molar refractivity (Wildman–Crippen MR) is 109 cm³/mol. The summed E-state index contributed by atoms with van der Waals surface area (Å²) in [5.41, 5.74) is 2.84. The van der Waals surface area contributed by atoms with Crippen LogP contribution < -0.4 is 9.64 Å². The van der Waals surface area contributed by atoms with E-state index in [9.17, 15) is 9.18 Å². The smallest absolute Gasteiger partial charge is 0.223 e. The van der Waals surface area contributed by atoms with Crippen LogP contribution in [0.4, 0.5) is 10.1 Å². The molecule has 3 heterocycles. The summed E-state index contributed by atoms with van der Waals surface area (Å²) in [6.45, 7) is 3.62. The molecule has 7 heteroatoms. The van der Waals surface area contributed by atoms with Crippen LogP contribution in [0, 0.1) is 11.2 Å². The standard InChI is InChI=1S/C22H23FN4O2/c1-29-17-5-3-16(4-6-17)26-11-22(12-26)13-27(14-22)21(28)9-8-20-24-18-7-2-15(23)10-19(18)25-20/h2-7,10H,8-9,11-14H2,1H3,(H,24,25). The van der Waals surface area contributed by atoms with Crippen molar-refractivity contribution in [2.75, 3.05) is 38.2 Å². The Morgan fingerprint density at radius 1 is 1.17 bits per heavy atom. The monoisotopic (exact) mass is 394 g/mol. The van der Waals surface area contributed by atoms with Gasteiger partial charge in [0.25, 0.3) is 0 Å². The quantitative estimate of drug-likeness (QED) is 0.723. The maximum atomic E-state index is 13.3. The number of methoxy groups -OCH3 is 1. The number of H-pyrrole nitrogens is 1. The number of carbonyl (C=O) groups excluding carboxylic acids is 1. The Bertz CT molecular complexity index is 1050. The van der Waals surface area contributed by atoms with Crippen molar-refractivity contribution in [3.05, 3.63) is 54.1 Å². The van der Waals surface area contributed by atoms with E-state index in [1.165, 1.54) is 17.8 Å². The van der Waals surface area contributed by atoms with E-state index in [0.717, 1.165) is 43.3 Å². The lowest BCUT2D eigenvalue weighted by Gasteiger charge is -2.61. The van der Waals surface area contributed by atoms with Gasteiger partial charge < -0.3 is 19.5 Å². The van der Waals surface area contributed by atoms with Gasteiger partial charge in [-0.2, -0.15) is 0 Å². The third-order valence-electron chi connectivity index (χ3n) is 5.96. The fourth-order valence-corrected chi connectivity index (χ4v) is 4.42. The average Bonchev–Trinajstić information content (AvgIpc) is 3.06. The number of carbonyl (C=O) groups is 1. The van der Waals surface area contributed by atoms with E-state index in [-0.39, 0.29) is 17.1 Å². The number of aromatic nitrogens is 2. The van der Waals surface area contributed by atoms with Gasteiger partial charge in [0, 0.05) is 50.1 Å². The van der Waals surface area contributed by atoms with Crippen molar-refractivity contribution < 1.29 is 13.9 Å². The highest BCUT2D eigenvalue weighted by Crippen LogP contribution is 2.42. The van der Waals surface area contributed by atoms with Crippen LogP contribution in [0.25, 0.3) is 11.0 Å². The molecule has 2 fully saturated rings. The molecule has 2 saturated heterocycles. The molecule has 0 bridgehead atoms. The lowest BCUT2D eigenvalue weighted by molar-refractivity contribution is -0.145. The largest absolute Gasteiger partial charge is 0.497 e. The molecular weight excluding hydrogens is 371 g/mol. The van der Waals surface area contributed by atoms with Crippen LogP contribution in [0.5, 0.6) is 5.75 Å². The van der Waals surface area contributed by atoms with Gasteiger partial charge in [-0.3, -0.25) is 4.79 Å². The molecule has 150 valence electrons. The molecule has 0 saturated carbocycles. The Labute approximate surface area is 168 Å². The minimum atomic E-state index is -0.293. The minimum absolute atomic E-state index is 0.158. The first-order valence-electron chi connectivity index (χ1n) is 9.85. The second-order valence-corrected chi connectivity index (χ2v) is 8.15. The lowest BCUT2D eigenvalue weighted by atomic mass is 9.72. The summed E-state index contributed by atoms with van der Waals surface area (Å²) in [6, 6.07) is 12.6. The summed E-state index contributed by atoms with van der Waals surface area (Å²) in [7, 11) is 1.67. The molecule has 29 heavy (non-hydrogen) atoms. The van der Waals surface area contributed by atoms with E-state index in [2.05, 4.69) is 27.0 Å². The zero-order chi connectivity index (χ0) is 20.0. The number of likely N-dealkylation sites (tertiary alicyclic amines) is 1. The number of anilines is 1. The Kier molecular flexibility index (Phi) is 4.19. The molecule has 1 spiro atoms. The molecule has 0 radical (unpaired) electrons. The molecule has 5 rings (SSSR count). The number of rotatable bonds is 5. The molecule has 2 aliphatic rings. The summed E-state index contributed by atoms with van der Waals surface area (Å²) in [4.78, 5) is 24.3. The molecular formula is C22H23FN4O2. The number of hydrogen-bond donors (Lipinski definition) is 1. The summed E-state index contributed by atoms with van der Waals surface area (Å²) in [5.74, 6) is 1.45. The topological polar surface area (TPSA) is 61.5 Å². The summed E-state index contributed by atoms with van der Waals surface area (Å²) < 4.78 is 18.5. The highest BCUT2D eigenvalue weighted by molar-refractivity contribution is 5.78. The lowest BCUT2D eigenvalue weighted by Crippen LogP contribution is -2.73. The van der Waals surface area contributed by atoms with Gasteiger partial charge in [-0.05, 0) is 42.5 Å². The van der Waals surface area contributed by atoms with Gasteiger partial charge in [-0.25, -0.2) is 9.37 Å². The molecule has 1 amide bonds. The predicted octanol–water partition coefficient (Wildman–Crippen LogP) is 2.99. The van der Waals surface area contributed by atoms with Crippen molar-refractivity contribution in [3.63, 3.8) is 0 Å². The van der Waals surface area contributed by atoms with Gasteiger partial charge >= 0.3 is 0 Å². The third-order valence-corrected chi connectivity index (χ3v) is 5.96. The summed E-state index contributed by atoms with van der Waals surface area (Å²) in [5, 5.41) is 0. The van der Waals surface area contributed by atoms with Crippen LogP contribution in [0.1, 0.15) is 12.2 Å². The van der Waals surface area contributed by atoms with Crippen molar-refractivity contribution in [1.82, 2.24) is 14.9 Å². The van der Waals surface area contributed by atoms with Gasteiger partial charge in [-0.15, -0.1) is 0 Å². The summed E-state index contributed by atoms with van der Waals surface area (Å²) >= 11 is 0. The molecule has 0 unspecified atom stereocenters. The third kappa shape index (κ3) is 3.30. The number of nitrogens with zero attached hydrogens (tertiary/aromatic N) is 3. The van der Waals surface area contributed by atoms with Gasteiger partial charge in [0.15, 0.2) is 0 Å². The number of aryl methyl sites for hydroxylation is 1. The van der Waals surface area contributed by atoms with Crippen molar-refractivity contribution in [2.24, 2.45) is 5.41 Å². The number of aromatic amines is 1. The molecule has 2 aliphatic heterocycles. The number of amides is 1. The molecule has 2 aromatic carbocycles. The first-order chi connectivity index (χ1) is 14.0. The molecule has 0 atom stereocenters. The fourth-order valence-electron chi connectivity index (χ4n) is 4.42. The van der Waals surface area contributed by atoms with Crippen molar-refractivity contribution in [2.45, 2.75) is 12.8 Å². The highest BCUT2D eigenvalue weighted by Gasteiger charge is 2.52. The number of benzene rings is 2. The molecule has 3 aromatic rings. The van der Waals surface area contributed by atoms with Gasteiger partial charge in [0.1, 0.15) is 17.4 Å².